The SMILES string of the molecule is COc1ccc(C(C)=O)cc1COc1ccccc1N. The first kappa shape index (κ1) is 13.9. The molecular weight excluding hydrogens is 254 g/mol. The summed E-state index contributed by atoms with van der Waals surface area (Å²) < 4.78 is 11.0. The van der Waals surface area contributed by atoms with Crippen LogP contribution in [0.25, 0.3) is 0 Å². The van der Waals surface area contributed by atoms with Gasteiger partial charge in [-0.3, -0.25) is 4.79 Å². The Morgan fingerprint density at radius 1 is 1.15 bits per heavy atom. The molecule has 104 valence electrons. The van der Waals surface area contributed by atoms with Crippen molar-refractivity contribution in [3.05, 3.63) is 53.6 Å². The Bertz CT molecular complexity index is 623. The zero-order valence-corrected chi connectivity index (χ0v) is 11.6. The molecule has 0 aliphatic rings. The monoisotopic (exact) mass is 271 g/mol. The molecule has 0 atom stereocenters. The molecule has 0 aromatic heterocycles. The van der Waals surface area contributed by atoms with Crippen molar-refractivity contribution in [2.45, 2.75) is 13.5 Å². The standard InChI is InChI=1S/C16H17NO3/c1-11(18)12-7-8-15(19-2)13(9-12)10-20-16-6-4-3-5-14(16)17/h3-9H,10,17H2,1-2H3. The van der Waals surface area contributed by atoms with Crippen LogP contribution in [0.1, 0.15) is 22.8 Å². The fourth-order valence-electron chi connectivity index (χ4n) is 1.88. The molecule has 0 spiro atoms. The number of rotatable bonds is 5. The molecule has 0 saturated heterocycles. The van der Waals surface area contributed by atoms with E-state index in [2.05, 4.69) is 0 Å². The topological polar surface area (TPSA) is 61.5 Å². The van der Waals surface area contributed by atoms with E-state index in [0.29, 0.717) is 29.4 Å². The van der Waals surface area contributed by atoms with Crippen LogP contribution in [0.4, 0.5) is 5.69 Å². The van der Waals surface area contributed by atoms with Crippen LogP contribution in [0.5, 0.6) is 11.5 Å². The van der Waals surface area contributed by atoms with Gasteiger partial charge in [-0.2, -0.15) is 0 Å². The normalized spacial score (nSPS) is 10.1. The van der Waals surface area contributed by atoms with E-state index in [1.54, 1.807) is 37.4 Å². The van der Waals surface area contributed by atoms with Crippen molar-refractivity contribution >= 4 is 11.5 Å². The number of nitrogens with two attached hydrogens (primary N) is 1. The lowest BCUT2D eigenvalue weighted by Gasteiger charge is -2.12. The van der Waals surface area contributed by atoms with Gasteiger partial charge in [-0.05, 0) is 37.3 Å². The highest BCUT2D eigenvalue weighted by Crippen LogP contribution is 2.25. The molecule has 2 aromatic carbocycles. The van der Waals surface area contributed by atoms with Gasteiger partial charge in [-0.15, -0.1) is 0 Å². The van der Waals surface area contributed by atoms with Crippen molar-refractivity contribution in [1.29, 1.82) is 0 Å². The Morgan fingerprint density at radius 2 is 1.90 bits per heavy atom. The van der Waals surface area contributed by atoms with E-state index in [-0.39, 0.29) is 5.78 Å². The van der Waals surface area contributed by atoms with Crippen LogP contribution in [0, 0.1) is 0 Å². The summed E-state index contributed by atoms with van der Waals surface area (Å²) in [5, 5.41) is 0. The summed E-state index contributed by atoms with van der Waals surface area (Å²) in [6, 6.07) is 12.6. The lowest BCUT2D eigenvalue weighted by molar-refractivity contribution is 0.101. The number of nitrogen functional groups attached to an aromatic ring is 1. The van der Waals surface area contributed by atoms with Crippen molar-refractivity contribution in [3.63, 3.8) is 0 Å². The summed E-state index contributed by atoms with van der Waals surface area (Å²) in [6.07, 6.45) is 0. The third kappa shape index (κ3) is 3.09. The molecule has 0 bridgehead atoms. The van der Waals surface area contributed by atoms with Crippen LogP contribution in [-0.4, -0.2) is 12.9 Å². The molecule has 4 heteroatoms. The minimum atomic E-state index is 0.00753. The minimum Gasteiger partial charge on any atom is -0.496 e. The maximum absolute atomic E-state index is 11.4. The molecular formula is C16H17NO3. The second kappa shape index (κ2) is 6.10. The molecule has 20 heavy (non-hydrogen) atoms. The highest BCUT2D eigenvalue weighted by atomic mass is 16.5. The summed E-state index contributed by atoms with van der Waals surface area (Å²) in [5.74, 6) is 1.31. The zero-order valence-electron chi connectivity index (χ0n) is 11.6. The molecule has 0 aliphatic carbocycles. The highest BCUT2D eigenvalue weighted by molar-refractivity contribution is 5.94. The van der Waals surface area contributed by atoms with E-state index >= 15 is 0 Å². The van der Waals surface area contributed by atoms with E-state index in [1.165, 1.54) is 6.92 Å². The van der Waals surface area contributed by atoms with Gasteiger partial charge >= 0.3 is 0 Å². The number of methoxy groups -OCH3 is 1. The lowest BCUT2D eigenvalue weighted by Crippen LogP contribution is -2.03. The molecule has 0 amide bonds. The first-order valence-corrected chi connectivity index (χ1v) is 6.27. The minimum absolute atomic E-state index is 0.00753. The van der Waals surface area contributed by atoms with Gasteiger partial charge in [0.1, 0.15) is 18.1 Å². The Labute approximate surface area is 118 Å². The average Bonchev–Trinajstić information content (AvgIpc) is 2.46. The predicted octanol–water partition coefficient (Wildman–Crippen LogP) is 3.06. The van der Waals surface area contributed by atoms with Gasteiger partial charge < -0.3 is 15.2 Å². The van der Waals surface area contributed by atoms with E-state index in [4.69, 9.17) is 15.2 Å². The van der Waals surface area contributed by atoms with Crippen LogP contribution in [0.3, 0.4) is 0 Å². The predicted molar refractivity (Wildman–Crippen MR) is 78.2 cm³/mol. The van der Waals surface area contributed by atoms with Gasteiger partial charge in [0.15, 0.2) is 5.78 Å². The number of anilines is 1. The van der Waals surface area contributed by atoms with Gasteiger partial charge in [0.2, 0.25) is 0 Å². The Hall–Kier alpha value is -2.49. The van der Waals surface area contributed by atoms with Crippen molar-refractivity contribution < 1.29 is 14.3 Å². The van der Waals surface area contributed by atoms with Crippen molar-refractivity contribution in [3.8, 4) is 11.5 Å². The largest absolute Gasteiger partial charge is 0.496 e. The molecule has 0 aliphatic heterocycles. The molecule has 0 fully saturated rings. The number of hydrogen-bond donors (Lipinski definition) is 1. The molecule has 2 N–H and O–H groups in total. The maximum atomic E-state index is 11.4. The number of ketones is 1. The lowest BCUT2D eigenvalue weighted by atomic mass is 10.1. The quantitative estimate of drug-likeness (QED) is 0.670. The summed E-state index contributed by atoms with van der Waals surface area (Å²) in [4.78, 5) is 11.4. The molecule has 2 rings (SSSR count). The van der Waals surface area contributed by atoms with Gasteiger partial charge in [-0.25, -0.2) is 0 Å². The van der Waals surface area contributed by atoms with Crippen LogP contribution in [-0.2, 0) is 6.61 Å². The first-order chi connectivity index (χ1) is 9.61. The van der Waals surface area contributed by atoms with E-state index in [0.717, 1.165) is 5.56 Å². The number of hydrogen-bond acceptors (Lipinski definition) is 4. The average molecular weight is 271 g/mol. The number of ether oxygens (including phenoxy) is 2. The van der Waals surface area contributed by atoms with Crippen LogP contribution < -0.4 is 15.2 Å². The summed E-state index contributed by atoms with van der Waals surface area (Å²) >= 11 is 0. The Kier molecular flexibility index (Phi) is 4.25. The molecule has 0 heterocycles. The second-order valence-corrected chi connectivity index (χ2v) is 4.41. The Balaban J connectivity index is 2.22. The van der Waals surface area contributed by atoms with Gasteiger partial charge in [0.05, 0.1) is 12.8 Å². The fourth-order valence-corrected chi connectivity index (χ4v) is 1.88. The van der Waals surface area contributed by atoms with Crippen molar-refractivity contribution in [2.75, 3.05) is 12.8 Å². The second-order valence-electron chi connectivity index (χ2n) is 4.41. The maximum Gasteiger partial charge on any atom is 0.159 e. The number of carbonyl (C=O) groups is 1. The summed E-state index contributed by atoms with van der Waals surface area (Å²) in [7, 11) is 1.59. The van der Waals surface area contributed by atoms with Crippen molar-refractivity contribution in [2.24, 2.45) is 0 Å². The van der Waals surface area contributed by atoms with E-state index in [9.17, 15) is 4.79 Å². The molecule has 0 unspecified atom stereocenters. The molecule has 0 radical (unpaired) electrons. The van der Waals surface area contributed by atoms with Gasteiger partial charge in [-0.1, -0.05) is 12.1 Å². The molecule has 0 saturated carbocycles. The zero-order chi connectivity index (χ0) is 14.5. The number of para-hydroxylation sites is 2. The van der Waals surface area contributed by atoms with E-state index in [1.807, 2.05) is 12.1 Å². The summed E-state index contributed by atoms with van der Waals surface area (Å²) in [5.41, 5.74) is 7.84. The number of carbonyl (C=O) groups excluding carboxylic acids is 1. The summed E-state index contributed by atoms with van der Waals surface area (Å²) in [6.45, 7) is 1.82. The number of Topliss-reactive ketones (excluding diaryl/α,β-unsaturated/α-hetero) is 1. The first-order valence-electron chi connectivity index (χ1n) is 6.27. The third-order valence-electron chi connectivity index (χ3n) is 2.99. The van der Waals surface area contributed by atoms with Crippen LogP contribution >= 0.6 is 0 Å². The van der Waals surface area contributed by atoms with E-state index < -0.39 is 0 Å². The van der Waals surface area contributed by atoms with Gasteiger partial charge in [0, 0.05) is 11.1 Å². The molecule has 2 aromatic rings. The van der Waals surface area contributed by atoms with Crippen LogP contribution in [0.2, 0.25) is 0 Å². The van der Waals surface area contributed by atoms with Crippen molar-refractivity contribution in [1.82, 2.24) is 0 Å². The highest BCUT2D eigenvalue weighted by Gasteiger charge is 2.08. The molecule has 4 nitrogen and oxygen atoms in total. The third-order valence-corrected chi connectivity index (χ3v) is 2.99. The fraction of sp³-hybridized carbons (Fsp3) is 0.188. The number of benzene rings is 2. The van der Waals surface area contributed by atoms with Crippen LogP contribution in [0.15, 0.2) is 42.5 Å². The van der Waals surface area contributed by atoms with Gasteiger partial charge in [0.25, 0.3) is 0 Å². The smallest absolute Gasteiger partial charge is 0.159 e. The Morgan fingerprint density at radius 3 is 2.55 bits per heavy atom.